The zero-order valence-corrected chi connectivity index (χ0v) is 20.7. The van der Waals surface area contributed by atoms with Crippen LogP contribution >= 0.6 is 0 Å². The first-order chi connectivity index (χ1) is 14.6. The van der Waals surface area contributed by atoms with Crippen molar-refractivity contribution in [3.05, 3.63) is 42.0 Å². The fraction of sp³-hybridized carbons (Fsp3) is 0.724. The van der Waals surface area contributed by atoms with Crippen LogP contribution in [0.1, 0.15) is 115 Å². The van der Waals surface area contributed by atoms with Gasteiger partial charge in [0.05, 0.1) is 27.2 Å². The molecule has 1 aromatic carbocycles. The molecule has 0 spiro atoms. The topological polar surface area (TPSA) is 0 Å². The van der Waals surface area contributed by atoms with Gasteiger partial charge in [-0.15, -0.1) is 0 Å². The second kappa shape index (κ2) is 18.7. The molecule has 0 saturated carbocycles. The minimum atomic E-state index is 1.10. The lowest BCUT2D eigenvalue weighted by Crippen LogP contribution is -2.40. The van der Waals surface area contributed by atoms with E-state index in [0.717, 1.165) is 11.0 Å². The molecule has 0 N–H and O–H groups in total. The van der Waals surface area contributed by atoms with Gasteiger partial charge < -0.3 is 4.48 Å². The number of likely N-dealkylation sites (N-methyl/N-ethyl adjacent to an activating group) is 1. The van der Waals surface area contributed by atoms with Crippen LogP contribution in [0.3, 0.4) is 0 Å². The minimum Gasteiger partial charge on any atom is -0.325 e. The van der Waals surface area contributed by atoms with E-state index < -0.39 is 0 Å². The van der Waals surface area contributed by atoms with E-state index in [1.165, 1.54) is 115 Å². The van der Waals surface area contributed by atoms with Crippen LogP contribution in [0.15, 0.2) is 36.4 Å². The van der Waals surface area contributed by atoms with Crippen molar-refractivity contribution in [2.45, 2.75) is 110 Å². The Morgan fingerprint density at radius 1 is 0.600 bits per heavy atom. The Bertz CT molecular complexity index is 502. The molecule has 0 radical (unpaired) electrons. The summed E-state index contributed by atoms with van der Waals surface area (Å²) in [7, 11) is 4.72. The molecule has 1 heteroatoms. The van der Waals surface area contributed by atoms with Gasteiger partial charge in [-0.25, -0.2) is 0 Å². The molecular formula is C29H52N+. The fourth-order valence-corrected chi connectivity index (χ4v) is 4.22. The molecule has 0 aliphatic rings. The van der Waals surface area contributed by atoms with Crippen LogP contribution in [0.4, 0.5) is 0 Å². The first kappa shape index (κ1) is 27.0. The Labute approximate surface area is 189 Å². The lowest BCUT2D eigenvalue weighted by molar-refractivity contribution is -0.884. The number of benzene rings is 1. The maximum Gasteiger partial charge on any atom is 0.0972 e. The third kappa shape index (κ3) is 16.7. The molecule has 0 heterocycles. The van der Waals surface area contributed by atoms with Crippen LogP contribution in [0.2, 0.25) is 0 Å². The van der Waals surface area contributed by atoms with Gasteiger partial charge in [-0.3, -0.25) is 0 Å². The predicted molar refractivity (Wildman–Crippen MR) is 137 cm³/mol. The Balaban J connectivity index is 1.86. The molecule has 0 aliphatic carbocycles. The molecule has 172 valence electrons. The van der Waals surface area contributed by atoms with Crippen molar-refractivity contribution in [1.82, 2.24) is 0 Å². The Morgan fingerprint density at radius 2 is 1.03 bits per heavy atom. The minimum absolute atomic E-state index is 1.10. The molecule has 0 aliphatic heterocycles. The Morgan fingerprint density at radius 3 is 1.50 bits per heavy atom. The molecule has 0 unspecified atom stereocenters. The van der Waals surface area contributed by atoms with E-state index in [4.69, 9.17) is 0 Å². The number of quaternary nitrogens is 1. The molecule has 0 aromatic heterocycles. The van der Waals surface area contributed by atoms with E-state index in [0.29, 0.717) is 0 Å². The van der Waals surface area contributed by atoms with Crippen LogP contribution in [-0.2, 0) is 0 Å². The summed E-state index contributed by atoms with van der Waals surface area (Å²) in [6, 6.07) is 10.6. The van der Waals surface area contributed by atoms with Gasteiger partial charge in [-0.05, 0) is 24.5 Å². The third-order valence-corrected chi connectivity index (χ3v) is 6.33. The second-order valence-electron chi connectivity index (χ2n) is 9.96. The van der Waals surface area contributed by atoms with Crippen molar-refractivity contribution in [2.24, 2.45) is 0 Å². The van der Waals surface area contributed by atoms with Crippen molar-refractivity contribution in [1.29, 1.82) is 0 Å². The smallest absolute Gasteiger partial charge is 0.0972 e. The summed E-state index contributed by atoms with van der Waals surface area (Å²) in [6.45, 7) is 4.71. The van der Waals surface area contributed by atoms with Gasteiger partial charge >= 0.3 is 0 Å². The van der Waals surface area contributed by atoms with E-state index >= 15 is 0 Å². The molecule has 0 atom stereocenters. The molecular weight excluding hydrogens is 362 g/mol. The zero-order chi connectivity index (χ0) is 21.8. The largest absolute Gasteiger partial charge is 0.325 e. The molecule has 0 fully saturated rings. The summed E-state index contributed by atoms with van der Waals surface area (Å²) in [5.74, 6) is 0. The standard InChI is InChI=1S/C29H52N/c1-4-5-6-7-8-9-10-11-12-13-14-15-16-17-18-22-27-30(2,3)28-23-26-29-24-20-19-21-25-29/h19-21,23-26H,4-18,22,27-28H2,1-3H3/q+1. The number of hydrogen-bond acceptors (Lipinski definition) is 0. The van der Waals surface area contributed by atoms with Crippen molar-refractivity contribution in [2.75, 3.05) is 27.2 Å². The average molecular weight is 415 g/mol. The molecule has 0 saturated heterocycles. The van der Waals surface area contributed by atoms with Gasteiger partial charge in [0.15, 0.2) is 0 Å². The molecule has 1 nitrogen and oxygen atoms in total. The van der Waals surface area contributed by atoms with E-state index in [-0.39, 0.29) is 0 Å². The van der Waals surface area contributed by atoms with E-state index in [1.807, 2.05) is 0 Å². The lowest BCUT2D eigenvalue weighted by atomic mass is 10.0. The summed E-state index contributed by atoms with van der Waals surface area (Å²) in [6.07, 6.45) is 27.7. The highest BCUT2D eigenvalue weighted by Crippen LogP contribution is 2.14. The van der Waals surface area contributed by atoms with E-state index in [1.54, 1.807) is 0 Å². The first-order valence-electron chi connectivity index (χ1n) is 13.2. The summed E-state index contributed by atoms with van der Waals surface area (Å²) in [4.78, 5) is 0. The zero-order valence-electron chi connectivity index (χ0n) is 20.7. The van der Waals surface area contributed by atoms with Crippen molar-refractivity contribution in [3.63, 3.8) is 0 Å². The first-order valence-corrected chi connectivity index (χ1v) is 13.2. The highest BCUT2D eigenvalue weighted by atomic mass is 15.3. The van der Waals surface area contributed by atoms with Gasteiger partial charge in [0.1, 0.15) is 0 Å². The Hall–Kier alpha value is -1.08. The maximum absolute atomic E-state index is 2.36. The quantitative estimate of drug-likeness (QED) is 0.147. The number of rotatable bonds is 20. The van der Waals surface area contributed by atoms with Crippen LogP contribution in [0.5, 0.6) is 0 Å². The number of hydrogen-bond donors (Lipinski definition) is 0. The number of unbranched alkanes of at least 4 members (excludes halogenated alkanes) is 15. The van der Waals surface area contributed by atoms with Gasteiger partial charge in [-0.2, -0.15) is 0 Å². The average Bonchev–Trinajstić information content (AvgIpc) is 2.74. The highest BCUT2D eigenvalue weighted by Gasteiger charge is 2.11. The fourth-order valence-electron chi connectivity index (χ4n) is 4.22. The monoisotopic (exact) mass is 414 g/mol. The van der Waals surface area contributed by atoms with Gasteiger partial charge in [0, 0.05) is 0 Å². The van der Waals surface area contributed by atoms with E-state index in [9.17, 15) is 0 Å². The highest BCUT2D eigenvalue weighted by molar-refractivity contribution is 5.48. The molecule has 1 rings (SSSR count). The summed E-state index contributed by atoms with van der Waals surface area (Å²) in [5, 5.41) is 0. The van der Waals surface area contributed by atoms with Crippen LogP contribution in [-0.4, -0.2) is 31.7 Å². The summed E-state index contributed by atoms with van der Waals surface area (Å²) in [5.41, 5.74) is 1.31. The van der Waals surface area contributed by atoms with E-state index in [2.05, 4.69) is 63.5 Å². The molecule has 0 bridgehead atoms. The molecule has 30 heavy (non-hydrogen) atoms. The van der Waals surface area contributed by atoms with Crippen LogP contribution < -0.4 is 0 Å². The predicted octanol–water partition coefficient (Wildman–Crippen LogP) is 9.04. The van der Waals surface area contributed by atoms with Crippen molar-refractivity contribution >= 4 is 6.08 Å². The lowest BCUT2D eigenvalue weighted by Gasteiger charge is -2.28. The SMILES string of the molecule is CCCCCCCCCCCCCCCCCC[N+](C)(C)CC=Cc1ccccc1. The van der Waals surface area contributed by atoms with Gasteiger partial charge in [-0.1, -0.05) is 133 Å². The van der Waals surface area contributed by atoms with Crippen molar-refractivity contribution in [3.8, 4) is 0 Å². The number of nitrogens with zero attached hydrogens (tertiary/aromatic N) is 1. The summed E-state index contributed by atoms with van der Waals surface area (Å²) >= 11 is 0. The van der Waals surface area contributed by atoms with Gasteiger partial charge in [0.2, 0.25) is 0 Å². The van der Waals surface area contributed by atoms with Crippen molar-refractivity contribution < 1.29 is 4.48 Å². The molecule has 0 amide bonds. The Kier molecular flexibility index (Phi) is 16.8. The summed E-state index contributed by atoms with van der Waals surface area (Å²) < 4.78 is 1.10. The second-order valence-corrected chi connectivity index (χ2v) is 9.96. The third-order valence-electron chi connectivity index (χ3n) is 6.33. The van der Waals surface area contributed by atoms with Crippen LogP contribution in [0.25, 0.3) is 6.08 Å². The maximum atomic E-state index is 2.36. The molecule has 1 aromatic rings. The normalized spacial score (nSPS) is 12.1. The van der Waals surface area contributed by atoms with Crippen LogP contribution in [0, 0.1) is 0 Å². The van der Waals surface area contributed by atoms with Gasteiger partial charge in [0.25, 0.3) is 0 Å².